The number of carbonyl (C=O) groups excluding carboxylic acids is 1. The van der Waals surface area contributed by atoms with Gasteiger partial charge in [-0.1, -0.05) is 36.1 Å². The van der Waals surface area contributed by atoms with Crippen LogP contribution >= 0.6 is 24.0 Å². The summed E-state index contributed by atoms with van der Waals surface area (Å²) in [5.41, 5.74) is 2.60. The molecule has 3 aliphatic heterocycles. The number of ether oxygens (including phenoxy) is 2. The average molecular weight is 536 g/mol. The van der Waals surface area contributed by atoms with E-state index in [0.29, 0.717) is 44.3 Å². The quantitative estimate of drug-likeness (QED) is 0.370. The van der Waals surface area contributed by atoms with Crippen molar-refractivity contribution < 1.29 is 14.3 Å². The molecule has 0 saturated carbocycles. The van der Waals surface area contributed by atoms with Crippen molar-refractivity contribution in [2.24, 2.45) is 0 Å². The van der Waals surface area contributed by atoms with Crippen LogP contribution in [0.4, 0.5) is 5.82 Å². The summed E-state index contributed by atoms with van der Waals surface area (Å²) in [6, 6.07) is 9.35. The summed E-state index contributed by atoms with van der Waals surface area (Å²) in [5.74, 6) is 1.71. The molecular weight excluding hydrogens is 510 g/mol. The number of hydrogen-bond donors (Lipinski definition) is 0. The Balaban J connectivity index is 1.37. The molecule has 2 fully saturated rings. The van der Waals surface area contributed by atoms with Crippen LogP contribution in [-0.2, 0) is 11.3 Å². The molecule has 0 aliphatic carbocycles. The first-order valence-corrected chi connectivity index (χ1v) is 13.2. The van der Waals surface area contributed by atoms with E-state index in [4.69, 9.17) is 26.7 Å². The van der Waals surface area contributed by atoms with Gasteiger partial charge in [0.15, 0.2) is 11.5 Å². The summed E-state index contributed by atoms with van der Waals surface area (Å²) in [4.78, 5) is 38.4. The van der Waals surface area contributed by atoms with Crippen molar-refractivity contribution in [2.75, 3.05) is 44.9 Å². The smallest absolute Gasteiger partial charge is 0.267 e. The summed E-state index contributed by atoms with van der Waals surface area (Å²) in [6.45, 7) is 5.66. The van der Waals surface area contributed by atoms with Gasteiger partial charge in [-0.15, -0.1) is 0 Å². The maximum Gasteiger partial charge on any atom is 0.267 e. The molecule has 11 heteroatoms. The normalized spacial score (nSPS) is 19.0. The highest BCUT2D eigenvalue weighted by Crippen LogP contribution is 2.37. The topological polar surface area (TPSA) is 79.6 Å². The zero-order valence-electron chi connectivity index (χ0n) is 20.5. The van der Waals surface area contributed by atoms with E-state index in [-0.39, 0.29) is 18.3 Å². The molecule has 1 amide bonds. The van der Waals surface area contributed by atoms with E-state index in [0.717, 1.165) is 37.3 Å². The highest BCUT2D eigenvalue weighted by molar-refractivity contribution is 8.26. The Morgan fingerprint density at radius 1 is 1.11 bits per heavy atom. The number of benzene rings is 1. The minimum atomic E-state index is -0.231. The molecule has 3 aliphatic rings. The minimum Gasteiger partial charge on any atom is -0.454 e. The standard InChI is InChI=1S/C26H25N5O4S2/c1-16-4-3-7-30-22(16)27-23(29-10-8-28(2)9-11-29)18(24(30)32)13-21-25(33)31(26(36)37-21)14-17-5-6-19-20(12-17)35-15-34-19/h3-7,12-13H,8-11,14-15H2,1-2H3. The largest absolute Gasteiger partial charge is 0.454 e. The summed E-state index contributed by atoms with van der Waals surface area (Å²) in [7, 11) is 2.08. The number of nitrogens with zero attached hydrogens (tertiary/aromatic N) is 5. The number of rotatable bonds is 4. The number of thiocarbonyl (C=S) groups is 1. The summed E-state index contributed by atoms with van der Waals surface area (Å²) < 4.78 is 12.8. The van der Waals surface area contributed by atoms with E-state index in [2.05, 4.69) is 16.8 Å². The maximum atomic E-state index is 13.7. The van der Waals surface area contributed by atoms with Crippen molar-refractivity contribution in [3.05, 3.63) is 68.5 Å². The van der Waals surface area contributed by atoms with Crippen molar-refractivity contribution >= 4 is 51.7 Å². The molecule has 37 heavy (non-hydrogen) atoms. The van der Waals surface area contributed by atoms with E-state index in [1.54, 1.807) is 21.6 Å². The zero-order valence-corrected chi connectivity index (χ0v) is 22.1. The highest BCUT2D eigenvalue weighted by atomic mass is 32.2. The van der Waals surface area contributed by atoms with Gasteiger partial charge in [-0.3, -0.25) is 18.9 Å². The van der Waals surface area contributed by atoms with Crippen LogP contribution in [0.25, 0.3) is 11.7 Å². The number of likely N-dealkylation sites (N-methyl/N-ethyl adjacent to an activating group) is 1. The molecule has 6 rings (SSSR count). The van der Waals surface area contributed by atoms with Crippen LogP contribution in [0.5, 0.6) is 11.5 Å². The lowest BCUT2D eigenvalue weighted by Gasteiger charge is -2.34. The Labute approximate surface area is 223 Å². The Kier molecular flexibility index (Phi) is 6.13. The molecule has 190 valence electrons. The van der Waals surface area contributed by atoms with Crippen LogP contribution in [0, 0.1) is 6.92 Å². The van der Waals surface area contributed by atoms with Gasteiger partial charge < -0.3 is 19.3 Å². The van der Waals surface area contributed by atoms with Gasteiger partial charge in [0.1, 0.15) is 15.8 Å². The molecule has 9 nitrogen and oxygen atoms in total. The van der Waals surface area contributed by atoms with Crippen LogP contribution in [0.15, 0.2) is 46.2 Å². The number of anilines is 1. The van der Waals surface area contributed by atoms with Crippen molar-refractivity contribution in [2.45, 2.75) is 13.5 Å². The predicted octanol–water partition coefficient (Wildman–Crippen LogP) is 2.88. The molecule has 0 atom stereocenters. The summed E-state index contributed by atoms with van der Waals surface area (Å²) in [6.07, 6.45) is 3.38. The predicted molar refractivity (Wildman–Crippen MR) is 147 cm³/mol. The third-order valence-electron chi connectivity index (χ3n) is 6.79. The Morgan fingerprint density at radius 2 is 1.89 bits per heavy atom. The van der Waals surface area contributed by atoms with Crippen molar-refractivity contribution in [3.63, 3.8) is 0 Å². The third kappa shape index (κ3) is 4.36. The lowest BCUT2D eigenvalue weighted by Crippen LogP contribution is -2.45. The molecule has 0 unspecified atom stereocenters. The fourth-order valence-corrected chi connectivity index (χ4v) is 5.91. The van der Waals surface area contributed by atoms with E-state index < -0.39 is 0 Å². The molecule has 0 spiro atoms. The number of carbonyl (C=O) groups is 1. The molecular formula is C26H25N5O4S2. The van der Waals surface area contributed by atoms with Crippen LogP contribution in [0.3, 0.4) is 0 Å². The molecule has 3 aromatic rings. The van der Waals surface area contributed by atoms with Crippen LogP contribution < -0.4 is 19.9 Å². The second-order valence-corrected chi connectivity index (χ2v) is 11.0. The monoisotopic (exact) mass is 535 g/mol. The number of pyridine rings is 1. The lowest BCUT2D eigenvalue weighted by atomic mass is 10.2. The Morgan fingerprint density at radius 3 is 2.70 bits per heavy atom. The minimum absolute atomic E-state index is 0.188. The first-order valence-electron chi connectivity index (χ1n) is 12.0. The van der Waals surface area contributed by atoms with Gasteiger partial charge in [-0.25, -0.2) is 4.98 Å². The number of aryl methyl sites for hydroxylation is 1. The number of amides is 1. The second-order valence-electron chi connectivity index (χ2n) is 9.28. The van der Waals surface area contributed by atoms with Gasteiger partial charge in [-0.05, 0) is 49.4 Å². The summed E-state index contributed by atoms with van der Waals surface area (Å²) in [5, 5.41) is 0. The van der Waals surface area contributed by atoms with Gasteiger partial charge in [0.25, 0.3) is 11.5 Å². The molecule has 1 aromatic carbocycles. The molecule has 2 aromatic heterocycles. The molecule has 0 bridgehead atoms. The number of fused-ring (bicyclic) bond motifs is 2. The van der Waals surface area contributed by atoms with Crippen LogP contribution in [0.1, 0.15) is 16.7 Å². The zero-order chi connectivity index (χ0) is 25.7. The molecule has 5 heterocycles. The fourth-order valence-electron chi connectivity index (χ4n) is 4.68. The van der Waals surface area contributed by atoms with E-state index in [9.17, 15) is 9.59 Å². The molecule has 2 saturated heterocycles. The molecule has 0 radical (unpaired) electrons. The third-order valence-corrected chi connectivity index (χ3v) is 8.17. The van der Waals surface area contributed by atoms with Crippen LogP contribution in [-0.4, -0.2) is 69.4 Å². The van der Waals surface area contributed by atoms with Crippen molar-refractivity contribution in [1.29, 1.82) is 0 Å². The number of hydrogen-bond acceptors (Lipinski definition) is 9. The van der Waals surface area contributed by atoms with Gasteiger partial charge in [0.05, 0.1) is 17.0 Å². The van der Waals surface area contributed by atoms with Crippen LogP contribution in [0.2, 0.25) is 0 Å². The fraction of sp³-hybridized carbons (Fsp3) is 0.308. The van der Waals surface area contributed by atoms with Gasteiger partial charge >= 0.3 is 0 Å². The van der Waals surface area contributed by atoms with Crippen molar-refractivity contribution in [1.82, 2.24) is 19.2 Å². The van der Waals surface area contributed by atoms with E-state index in [1.807, 2.05) is 37.3 Å². The summed E-state index contributed by atoms with van der Waals surface area (Å²) >= 11 is 6.77. The van der Waals surface area contributed by atoms with Gasteiger partial charge in [-0.2, -0.15) is 0 Å². The lowest BCUT2D eigenvalue weighted by molar-refractivity contribution is -0.122. The Bertz CT molecular complexity index is 1530. The SMILES string of the molecule is Cc1cccn2c(=O)c(C=C3SC(=S)N(Cc4ccc5c(c4)OCO5)C3=O)c(N3CCN(C)CC3)nc12. The second kappa shape index (κ2) is 9.47. The number of thioether (sulfide) groups is 1. The highest BCUT2D eigenvalue weighted by Gasteiger charge is 2.33. The first kappa shape index (κ1) is 24.0. The average Bonchev–Trinajstić information content (AvgIpc) is 3.46. The maximum absolute atomic E-state index is 13.7. The first-order chi connectivity index (χ1) is 17.9. The Hall–Kier alpha value is -3.41. The molecule has 0 N–H and O–H groups in total. The van der Waals surface area contributed by atoms with E-state index >= 15 is 0 Å². The van der Waals surface area contributed by atoms with E-state index in [1.165, 1.54) is 11.8 Å². The van der Waals surface area contributed by atoms with Gasteiger partial charge in [0, 0.05) is 32.4 Å². The van der Waals surface area contributed by atoms with Crippen molar-refractivity contribution in [3.8, 4) is 11.5 Å². The number of piperazine rings is 1. The number of aromatic nitrogens is 2. The van der Waals surface area contributed by atoms with Gasteiger partial charge in [0.2, 0.25) is 6.79 Å².